The summed E-state index contributed by atoms with van der Waals surface area (Å²) in [4.78, 5) is 13.8. The maximum absolute atomic E-state index is 5.36. The lowest BCUT2D eigenvalue weighted by Crippen LogP contribution is -2.09. The highest BCUT2D eigenvalue weighted by Crippen LogP contribution is 2.30. The first-order valence-electron chi connectivity index (χ1n) is 10.2. The van der Waals surface area contributed by atoms with Gasteiger partial charge >= 0.3 is 0 Å². The van der Waals surface area contributed by atoms with E-state index in [0.29, 0.717) is 18.7 Å². The molecule has 0 bridgehead atoms. The maximum atomic E-state index is 5.36. The van der Waals surface area contributed by atoms with E-state index in [4.69, 9.17) is 9.51 Å². The molecule has 0 radical (unpaired) electrons. The third-order valence-electron chi connectivity index (χ3n) is 5.26. The zero-order valence-corrected chi connectivity index (χ0v) is 17.4. The molecule has 5 aromatic rings. The fourth-order valence-corrected chi connectivity index (χ4v) is 3.77. The molecule has 0 aliphatic rings. The average Bonchev–Trinajstić information content (AvgIpc) is 3.32. The van der Waals surface area contributed by atoms with Crippen LogP contribution in [0.25, 0.3) is 22.3 Å². The summed E-state index contributed by atoms with van der Waals surface area (Å²) in [5.74, 6) is 1.54. The Morgan fingerprint density at radius 1 is 1.00 bits per heavy atom. The van der Waals surface area contributed by atoms with Crippen molar-refractivity contribution in [2.24, 2.45) is 0 Å². The van der Waals surface area contributed by atoms with Crippen LogP contribution in [-0.4, -0.2) is 24.7 Å². The minimum Gasteiger partial charge on any atom is -0.361 e. The first kappa shape index (κ1) is 19.0. The summed E-state index contributed by atoms with van der Waals surface area (Å²) in [6.07, 6.45) is 3.62. The van der Waals surface area contributed by atoms with Gasteiger partial charge in [-0.15, -0.1) is 0 Å². The Bertz CT molecular complexity index is 1310. The van der Waals surface area contributed by atoms with Gasteiger partial charge in [0.05, 0.1) is 30.0 Å². The highest BCUT2D eigenvalue weighted by Gasteiger charge is 2.17. The van der Waals surface area contributed by atoms with Gasteiger partial charge in [0.15, 0.2) is 5.65 Å². The van der Waals surface area contributed by atoms with E-state index < -0.39 is 0 Å². The van der Waals surface area contributed by atoms with Crippen molar-refractivity contribution in [3.05, 3.63) is 89.7 Å². The molecule has 0 aliphatic heterocycles. The van der Waals surface area contributed by atoms with Gasteiger partial charge in [0.2, 0.25) is 5.95 Å². The van der Waals surface area contributed by atoms with E-state index >= 15 is 0 Å². The SMILES string of the molecule is Cc1noc(C)c1-c1cnc2nc(NCc3ccccn3)n(Cc3ccccc3)c2c1. The Kier molecular flexibility index (Phi) is 4.92. The van der Waals surface area contributed by atoms with Crippen LogP contribution in [-0.2, 0) is 13.1 Å². The average molecular weight is 410 g/mol. The van der Waals surface area contributed by atoms with Gasteiger partial charge < -0.3 is 14.4 Å². The zero-order chi connectivity index (χ0) is 21.2. The Labute approximate surface area is 179 Å². The summed E-state index contributed by atoms with van der Waals surface area (Å²) in [7, 11) is 0. The van der Waals surface area contributed by atoms with Crippen LogP contribution >= 0.6 is 0 Å². The minimum atomic E-state index is 0.579. The summed E-state index contributed by atoms with van der Waals surface area (Å²) in [5, 5.41) is 7.52. The second kappa shape index (κ2) is 8.02. The third kappa shape index (κ3) is 3.77. The Morgan fingerprint density at radius 3 is 2.58 bits per heavy atom. The van der Waals surface area contributed by atoms with Gasteiger partial charge in [-0.05, 0) is 37.6 Å². The topological polar surface area (TPSA) is 81.7 Å². The second-order valence-electron chi connectivity index (χ2n) is 7.45. The standard InChI is InChI=1S/C24H22N6O/c1-16-22(17(2)31-29-16)19-12-21-23(26-13-19)28-24(27-14-20-10-6-7-11-25-20)30(21)15-18-8-4-3-5-9-18/h3-13H,14-15H2,1-2H3,(H,26,27,28). The summed E-state index contributed by atoms with van der Waals surface area (Å²) in [6, 6.07) is 18.3. The molecule has 7 heteroatoms. The number of hydrogen-bond acceptors (Lipinski definition) is 6. The van der Waals surface area contributed by atoms with Crippen molar-refractivity contribution in [1.82, 2.24) is 24.7 Å². The highest BCUT2D eigenvalue weighted by atomic mass is 16.5. The number of pyridine rings is 2. The van der Waals surface area contributed by atoms with E-state index in [1.165, 1.54) is 5.56 Å². The van der Waals surface area contributed by atoms with E-state index in [1.807, 2.05) is 56.4 Å². The smallest absolute Gasteiger partial charge is 0.206 e. The number of aryl methyl sites for hydroxylation is 2. The maximum Gasteiger partial charge on any atom is 0.206 e. The largest absolute Gasteiger partial charge is 0.361 e. The summed E-state index contributed by atoms with van der Waals surface area (Å²) in [5.41, 5.74) is 6.57. The molecule has 1 aromatic carbocycles. The lowest BCUT2D eigenvalue weighted by Gasteiger charge is -2.11. The van der Waals surface area contributed by atoms with Crippen molar-refractivity contribution >= 4 is 17.1 Å². The van der Waals surface area contributed by atoms with Crippen LogP contribution in [0.3, 0.4) is 0 Å². The molecule has 0 spiro atoms. The van der Waals surface area contributed by atoms with Crippen molar-refractivity contribution in [3.8, 4) is 11.1 Å². The summed E-state index contributed by atoms with van der Waals surface area (Å²) < 4.78 is 7.52. The molecule has 0 saturated carbocycles. The summed E-state index contributed by atoms with van der Waals surface area (Å²) >= 11 is 0. The lowest BCUT2D eigenvalue weighted by atomic mass is 10.1. The van der Waals surface area contributed by atoms with Crippen molar-refractivity contribution in [2.45, 2.75) is 26.9 Å². The van der Waals surface area contributed by atoms with Crippen molar-refractivity contribution in [1.29, 1.82) is 0 Å². The molecule has 0 atom stereocenters. The Hall–Kier alpha value is -4.00. The normalized spacial score (nSPS) is 11.2. The molecule has 0 unspecified atom stereocenters. The number of benzene rings is 1. The molecule has 31 heavy (non-hydrogen) atoms. The monoisotopic (exact) mass is 410 g/mol. The van der Waals surface area contributed by atoms with Crippen molar-refractivity contribution in [2.75, 3.05) is 5.32 Å². The van der Waals surface area contributed by atoms with Gasteiger partial charge in [-0.2, -0.15) is 4.98 Å². The van der Waals surface area contributed by atoms with Crippen LogP contribution in [0.5, 0.6) is 0 Å². The van der Waals surface area contributed by atoms with Gasteiger partial charge in [-0.3, -0.25) is 4.98 Å². The predicted molar refractivity (Wildman–Crippen MR) is 120 cm³/mol. The molecular weight excluding hydrogens is 388 g/mol. The third-order valence-corrected chi connectivity index (χ3v) is 5.26. The molecular formula is C24H22N6O. The van der Waals surface area contributed by atoms with E-state index in [9.17, 15) is 0 Å². The second-order valence-corrected chi connectivity index (χ2v) is 7.45. The number of nitrogens with one attached hydrogen (secondary N) is 1. The molecule has 4 aromatic heterocycles. The van der Waals surface area contributed by atoms with Crippen LogP contribution in [0.1, 0.15) is 22.7 Å². The lowest BCUT2D eigenvalue weighted by molar-refractivity contribution is 0.393. The first-order valence-corrected chi connectivity index (χ1v) is 10.2. The molecule has 154 valence electrons. The summed E-state index contributed by atoms with van der Waals surface area (Å²) in [6.45, 7) is 5.11. The van der Waals surface area contributed by atoms with Crippen LogP contribution in [0, 0.1) is 13.8 Å². The number of rotatable bonds is 6. The number of hydrogen-bond donors (Lipinski definition) is 1. The Balaban J connectivity index is 1.58. The molecule has 0 amide bonds. The number of nitrogens with zero attached hydrogens (tertiary/aromatic N) is 5. The molecule has 0 aliphatic carbocycles. The van der Waals surface area contributed by atoms with Gasteiger partial charge in [0, 0.05) is 23.5 Å². The van der Waals surface area contributed by atoms with Crippen LogP contribution in [0.15, 0.2) is 71.5 Å². The zero-order valence-electron chi connectivity index (χ0n) is 17.4. The van der Waals surface area contributed by atoms with Crippen LogP contribution in [0.2, 0.25) is 0 Å². The van der Waals surface area contributed by atoms with E-state index in [0.717, 1.165) is 39.7 Å². The van der Waals surface area contributed by atoms with Crippen LogP contribution in [0.4, 0.5) is 5.95 Å². The number of fused-ring (bicyclic) bond motifs is 1. The number of anilines is 1. The van der Waals surface area contributed by atoms with Gasteiger partial charge in [0.25, 0.3) is 0 Å². The van der Waals surface area contributed by atoms with Gasteiger partial charge in [-0.1, -0.05) is 41.6 Å². The number of imidazole rings is 1. The van der Waals surface area contributed by atoms with E-state index in [1.54, 1.807) is 6.20 Å². The number of aromatic nitrogens is 5. The van der Waals surface area contributed by atoms with Crippen molar-refractivity contribution in [3.63, 3.8) is 0 Å². The van der Waals surface area contributed by atoms with E-state index in [-0.39, 0.29) is 0 Å². The van der Waals surface area contributed by atoms with Crippen molar-refractivity contribution < 1.29 is 4.52 Å². The fourth-order valence-electron chi connectivity index (χ4n) is 3.77. The predicted octanol–water partition coefficient (Wildman–Crippen LogP) is 4.76. The molecule has 0 saturated heterocycles. The molecule has 7 nitrogen and oxygen atoms in total. The molecule has 4 heterocycles. The highest BCUT2D eigenvalue weighted by molar-refractivity contribution is 5.81. The van der Waals surface area contributed by atoms with Gasteiger partial charge in [-0.25, -0.2) is 4.98 Å². The molecule has 0 fully saturated rings. The Morgan fingerprint density at radius 2 is 1.84 bits per heavy atom. The quantitative estimate of drug-likeness (QED) is 0.435. The minimum absolute atomic E-state index is 0.579. The molecule has 1 N–H and O–H groups in total. The van der Waals surface area contributed by atoms with Crippen LogP contribution < -0.4 is 5.32 Å². The fraction of sp³-hybridized carbons (Fsp3) is 0.167. The van der Waals surface area contributed by atoms with Gasteiger partial charge in [0.1, 0.15) is 5.76 Å². The van der Waals surface area contributed by atoms with E-state index in [2.05, 4.69) is 43.2 Å². The molecule has 5 rings (SSSR count). The first-order chi connectivity index (χ1) is 15.2.